The number of para-hydroxylation sites is 1. The molecule has 2 heterocycles. The monoisotopic (exact) mass is 393 g/mol. The van der Waals surface area contributed by atoms with Crippen LogP contribution in [0.15, 0.2) is 54.6 Å². The van der Waals surface area contributed by atoms with Gasteiger partial charge in [-0.2, -0.15) is 0 Å². The molecule has 4 rings (SSSR count). The smallest absolute Gasteiger partial charge is 0.234 e. The van der Waals surface area contributed by atoms with E-state index in [-0.39, 0.29) is 18.1 Å². The third-order valence-corrected chi connectivity index (χ3v) is 5.70. The molecular weight excluding hydrogens is 362 g/mol. The Morgan fingerprint density at radius 1 is 1.07 bits per heavy atom. The first-order valence-electron chi connectivity index (χ1n) is 10.7. The molecule has 2 aromatic rings. The van der Waals surface area contributed by atoms with Crippen LogP contribution >= 0.6 is 0 Å². The van der Waals surface area contributed by atoms with E-state index < -0.39 is 0 Å². The van der Waals surface area contributed by atoms with Gasteiger partial charge < -0.3 is 10.1 Å². The van der Waals surface area contributed by atoms with Gasteiger partial charge in [0.05, 0.1) is 6.54 Å². The quantitative estimate of drug-likeness (QED) is 0.848. The number of nitrogens with zero attached hydrogens (tertiary/aromatic N) is 2. The van der Waals surface area contributed by atoms with Crippen LogP contribution in [0, 0.1) is 0 Å². The van der Waals surface area contributed by atoms with Crippen molar-refractivity contribution in [2.24, 2.45) is 0 Å². The molecule has 1 saturated heterocycles. The Balaban J connectivity index is 1.30. The first-order chi connectivity index (χ1) is 14.2. The highest BCUT2D eigenvalue weighted by atomic mass is 16.5. The Bertz CT molecular complexity index is 811. The molecule has 2 aromatic carbocycles. The largest absolute Gasteiger partial charge is 0.489 e. The van der Waals surface area contributed by atoms with Crippen LogP contribution in [-0.4, -0.2) is 54.0 Å². The summed E-state index contributed by atoms with van der Waals surface area (Å²) < 4.78 is 6.01. The molecule has 0 saturated carbocycles. The summed E-state index contributed by atoms with van der Waals surface area (Å²) in [6.07, 6.45) is 2.25. The Kier molecular flexibility index (Phi) is 6.47. The van der Waals surface area contributed by atoms with E-state index in [1.165, 1.54) is 5.56 Å². The molecule has 1 N–H and O–H groups in total. The normalized spacial score (nSPS) is 22.9. The molecule has 1 fully saturated rings. The van der Waals surface area contributed by atoms with Crippen molar-refractivity contribution in [2.45, 2.75) is 45.0 Å². The lowest BCUT2D eigenvalue weighted by atomic mass is 10.0. The standard InChI is InChI=1S/C24H31N3O2/c1-19-14-27(16-21-10-5-6-12-23(21)29-19)18-24(28)25-22-11-7-13-26(17-22)15-20-8-3-2-4-9-20/h2-6,8-10,12,19,22H,7,11,13-18H2,1H3,(H,25,28)/t19-,22+/m0/s1. The van der Waals surface area contributed by atoms with Crippen LogP contribution in [0.4, 0.5) is 0 Å². The molecule has 0 unspecified atom stereocenters. The molecule has 2 aliphatic rings. The van der Waals surface area contributed by atoms with Gasteiger partial charge in [-0.3, -0.25) is 14.6 Å². The minimum atomic E-state index is 0.0718. The van der Waals surface area contributed by atoms with Crippen molar-refractivity contribution in [3.05, 3.63) is 65.7 Å². The predicted molar refractivity (Wildman–Crippen MR) is 115 cm³/mol. The van der Waals surface area contributed by atoms with E-state index in [2.05, 4.69) is 58.4 Å². The number of rotatable bonds is 5. The number of fused-ring (bicyclic) bond motifs is 1. The minimum Gasteiger partial charge on any atom is -0.489 e. The zero-order valence-corrected chi connectivity index (χ0v) is 17.2. The number of hydrogen-bond donors (Lipinski definition) is 1. The highest BCUT2D eigenvalue weighted by Gasteiger charge is 2.25. The highest BCUT2D eigenvalue weighted by Crippen LogP contribution is 2.24. The van der Waals surface area contributed by atoms with Crippen molar-refractivity contribution < 1.29 is 9.53 Å². The molecule has 0 spiro atoms. The van der Waals surface area contributed by atoms with Gasteiger partial charge in [-0.05, 0) is 37.9 Å². The number of likely N-dealkylation sites (tertiary alicyclic amines) is 1. The molecule has 0 aromatic heterocycles. The van der Waals surface area contributed by atoms with Crippen molar-refractivity contribution in [1.82, 2.24) is 15.1 Å². The number of benzene rings is 2. The number of hydrogen-bond acceptors (Lipinski definition) is 4. The van der Waals surface area contributed by atoms with E-state index in [0.29, 0.717) is 6.54 Å². The fourth-order valence-corrected chi connectivity index (χ4v) is 4.43. The lowest BCUT2D eigenvalue weighted by molar-refractivity contribution is -0.123. The number of carbonyl (C=O) groups is 1. The van der Waals surface area contributed by atoms with Gasteiger partial charge in [-0.15, -0.1) is 0 Å². The average molecular weight is 394 g/mol. The van der Waals surface area contributed by atoms with Gasteiger partial charge in [0.15, 0.2) is 0 Å². The maximum Gasteiger partial charge on any atom is 0.234 e. The Labute approximate surface area is 173 Å². The first kappa shape index (κ1) is 19.9. The maximum absolute atomic E-state index is 12.8. The summed E-state index contributed by atoms with van der Waals surface area (Å²) in [7, 11) is 0. The molecule has 2 aliphatic heterocycles. The average Bonchev–Trinajstić information content (AvgIpc) is 2.86. The van der Waals surface area contributed by atoms with Crippen molar-refractivity contribution in [1.29, 1.82) is 0 Å². The van der Waals surface area contributed by atoms with E-state index >= 15 is 0 Å². The summed E-state index contributed by atoms with van der Waals surface area (Å²) in [5.41, 5.74) is 2.48. The fourth-order valence-electron chi connectivity index (χ4n) is 4.43. The summed E-state index contributed by atoms with van der Waals surface area (Å²) in [5, 5.41) is 3.28. The summed E-state index contributed by atoms with van der Waals surface area (Å²) in [6, 6.07) is 18.9. The molecule has 0 radical (unpaired) electrons. The van der Waals surface area contributed by atoms with E-state index in [9.17, 15) is 4.79 Å². The Morgan fingerprint density at radius 3 is 2.72 bits per heavy atom. The third-order valence-electron chi connectivity index (χ3n) is 5.70. The Hall–Kier alpha value is -2.37. The lowest BCUT2D eigenvalue weighted by Gasteiger charge is -2.33. The van der Waals surface area contributed by atoms with Gasteiger partial charge in [0.25, 0.3) is 0 Å². The molecule has 1 amide bonds. The lowest BCUT2D eigenvalue weighted by Crippen LogP contribution is -2.50. The summed E-state index contributed by atoms with van der Waals surface area (Å²) in [4.78, 5) is 17.4. The minimum absolute atomic E-state index is 0.0718. The van der Waals surface area contributed by atoms with Crippen molar-refractivity contribution in [3.8, 4) is 5.75 Å². The molecule has 5 nitrogen and oxygen atoms in total. The second-order valence-corrected chi connectivity index (χ2v) is 8.33. The van der Waals surface area contributed by atoms with Crippen molar-refractivity contribution in [2.75, 3.05) is 26.2 Å². The Morgan fingerprint density at radius 2 is 1.86 bits per heavy atom. The van der Waals surface area contributed by atoms with Crippen LogP contribution in [0.3, 0.4) is 0 Å². The topological polar surface area (TPSA) is 44.8 Å². The number of piperidine rings is 1. The number of nitrogens with one attached hydrogen (secondary N) is 1. The molecule has 29 heavy (non-hydrogen) atoms. The van der Waals surface area contributed by atoms with Gasteiger partial charge in [0.1, 0.15) is 11.9 Å². The highest BCUT2D eigenvalue weighted by molar-refractivity contribution is 5.78. The van der Waals surface area contributed by atoms with E-state index in [1.807, 2.05) is 18.2 Å². The second-order valence-electron chi connectivity index (χ2n) is 8.33. The van der Waals surface area contributed by atoms with Gasteiger partial charge in [-0.25, -0.2) is 0 Å². The van der Waals surface area contributed by atoms with Crippen LogP contribution in [0.1, 0.15) is 30.9 Å². The maximum atomic E-state index is 12.8. The van der Waals surface area contributed by atoms with Gasteiger partial charge in [0, 0.05) is 37.8 Å². The summed E-state index contributed by atoms with van der Waals surface area (Å²) >= 11 is 0. The van der Waals surface area contributed by atoms with E-state index in [1.54, 1.807) is 0 Å². The predicted octanol–water partition coefficient (Wildman–Crippen LogP) is 3.05. The molecule has 0 bridgehead atoms. The fraction of sp³-hybridized carbons (Fsp3) is 0.458. The van der Waals surface area contributed by atoms with Gasteiger partial charge >= 0.3 is 0 Å². The molecule has 2 atom stereocenters. The zero-order valence-electron chi connectivity index (χ0n) is 17.2. The van der Waals surface area contributed by atoms with Gasteiger partial charge in [0.2, 0.25) is 5.91 Å². The van der Waals surface area contributed by atoms with Gasteiger partial charge in [-0.1, -0.05) is 48.5 Å². The van der Waals surface area contributed by atoms with Crippen LogP contribution in [0.5, 0.6) is 5.75 Å². The number of ether oxygens (including phenoxy) is 1. The van der Waals surface area contributed by atoms with E-state index in [0.717, 1.165) is 56.9 Å². The van der Waals surface area contributed by atoms with Crippen LogP contribution in [-0.2, 0) is 17.9 Å². The third kappa shape index (κ3) is 5.58. The SMILES string of the molecule is C[C@H]1CN(CC(=O)N[C@@H]2CCCN(Cc3ccccc3)C2)Cc2ccccc2O1. The van der Waals surface area contributed by atoms with Crippen molar-refractivity contribution >= 4 is 5.91 Å². The summed E-state index contributed by atoms with van der Waals surface area (Å²) in [5.74, 6) is 1.05. The molecular formula is C24H31N3O2. The van der Waals surface area contributed by atoms with E-state index in [4.69, 9.17) is 4.74 Å². The number of amides is 1. The van der Waals surface area contributed by atoms with Crippen LogP contribution in [0.25, 0.3) is 0 Å². The first-order valence-corrected chi connectivity index (χ1v) is 10.7. The number of carbonyl (C=O) groups excluding carboxylic acids is 1. The summed E-state index contributed by atoms with van der Waals surface area (Å²) in [6.45, 7) is 6.95. The molecule has 0 aliphatic carbocycles. The van der Waals surface area contributed by atoms with Crippen LogP contribution in [0.2, 0.25) is 0 Å². The van der Waals surface area contributed by atoms with Crippen LogP contribution < -0.4 is 10.1 Å². The molecule has 154 valence electrons. The second kappa shape index (κ2) is 9.42. The van der Waals surface area contributed by atoms with Crippen molar-refractivity contribution in [3.63, 3.8) is 0 Å². The zero-order chi connectivity index (χ0) is 20.1. The molecule has 5 heteroatoms.